The number of anilines is 4. The summed E-state index contributed by atoms with van der Waals surface area (Å²) in [6.07, 6.45) is 1.38. The maximum atomic E-state index is 12.8. The Hall–Kier alpha value is -3.36. The zero-order valence-corrected chi connectivity index (χ0v) is 20.2. The van der Waals surface area contributed by atoms with Gasteiger partial charge in [0.1, 0.15) is 23.6 Å². The van der Waals surface area contributed by atoms with E-state index in [-0.39, 0.29) is 11.7 Å². The topological polar surface area (TPSA) is 122 Å². The predicted molar refractivity (Wildman–Crippen MR) is 127 cm³/mol. The molecule has 0 bridgehead atoms. The van der Waals surface area contributed by atoms with E-state index >= 15 is 0 Å². The molecule has 32 heavy (non-hydrogen) atoms. The molecule has 0 aliphatic carbocycles. The molecule has 0 saturated carbocycles. The van der Waals surface area contributed by atoms with Gasteiger partial charge in [-0.2, -0.15) is 0 Å². The monoisotopic (exact) mass is 442 g/mol. The molecular weight excluding hydrogens is 408 g/mol. The third-order valence-electron chi connectivity index (χ3n) is 4.46. The first-order valence-corrected chi connectivity index (χ1v) is 10.5. The van der Waals surface area contributed by atoms with Crippen molar-refractivity contribution in [2.45, 2.75) is 53.6 Å². The summed E-state index contributed by atoms with van der Waals surface area (Å²) in [7, 11) is 3.45. The number of nitrogens with zero attached hydrogens (tertiary/aromatic N) is 3. The maximum absolute atomic E-state index is 12.8. The van der Waals surface area contributed by atoms with Crippen LogP contribution in [0.1, 0.15) is 56.1 Å². The first kappa shape index (κ1) is 24.9. The van der Waals surface area contributed by atoms with Crippen molar-refractivity contribution in [3.63, 3.8) is 0 Å². The zero-order valence-electron chi connectivity index (χ0n) is 20.2. The Morgan fingerprint density at radius 3 is 2.34 bits per heavy atom. The van der Waals surface area contributed by atoms with Crippen molar-refractivity contribution < 1.29 is 14.3 Å². The standard InChI is InChI=1S/C23H34N6O3/c1-13(2)9-15-19(21(30)29(7)8)14(3)10-16(20(15)24)27-17-11-18(26-12-25-17)28-22(31)32-23(4,5)6/h10-13H,9,24H2,1-8H3,(H2,25,26,27,28,31). The second kappa shape index (κ2) is 9.84. The average molecular weight is 443 g/mol. The van der Waals surface area contributed by atoms with Crippen LogP contribution < -0.4 is 16.4 Å². The summed E-state index contributed by atoms with van der Waals surface area (Å²) < 4.78 is 5.26. The van der Waals surface area contributed by atoms with E-state index < -0.39 is 11.7 Å². The van der Waals surface area contributed by atoms with Gasteiger partial charge in [0.2, 0.25) is 0 Å². The van der Waals surface area contributed by atoms with Crippen molar-refractivity contribution in [2.24, 2.45) is 5.92 Å². The van der Waals surface area contributed by atoms with Crippen LogP contribution in [0.2, 0.25) is 0 Å². The van der Waals surface area contributed by atoms with Crippen molar-refractivity contribution in [3.05, 3.63) is 35.2 Å². The first-order valence-electron chi connectivity index (χ1n) is 10.5. The molecule has 0 aliphatic rings. The van der Waals surface area contributed by atoms with Gasteiger partial charge < -0.3 is 20.7 Å². The minimum Gasteiger partial charge on any atom is -0.444 e. The van der Waals surface area contributed by atoms with E-state index in [0.29, 0.717) is 35.1 Å². The third-order valence-corrected chi connectivity index (χ3v) is 4.46. The number of rotatable bonds is 6. The molecule has 2 rings (SSSR count). The Kier molecular flexibility index (Phi) is 7.66. The van der Waals surface area contributed by atoms with Crippen molar-refractivity contribution >= 4 is 35.0 Å². The summed E-state index contributed by atoms with van der Waals surface area (Å²) in [5, 5.41) is 5.78. The van der Waals surface area contributed by atoms with Crippen LogP contribution >= 0.6 is 0 Å². The lowest BCUT2D eigenvalue weighted by atomic mass is 9.91. The van der Waals surface area contributed by atoms with Crippen LogP contribution in [-0.4, -0.2) is 46.6 Å². The molecular formula is C23H34N6O3. The highest BCUT2D eigenvalue weighted by Gasteiger charge is 2.22. The summed E-state index contributed by atoms with van der Waals surface area (Å²) in [5.41, 5.74) is 9.27. The number of nitrogen functional groups attached to an aromatic ring is 1. The molecule has 0 atom stereocenters. The van der Waals surface area contributed by atoms with Crippen LogP contribution in [0.15, 0.2) is 18.5 Å². The quantitative estimate of drug-likeness (QED) is 0.568. The zero-order chi connectivity index (χ0) is 24.2. The fraction of sp³-hybridized carbons (Fsp3) is 0.478. The Morgan fingerprint density at radius 2 is 1.78 bits per heavy atom. The van der Waals surface area contributed by atoms with Crippen molar-refractivity contribution in [1.29, 1.82) is 0 Å². The number of carbonyl (C=O) groups excluding carboxylic acids is 2. The second-order valence-corrected chi connectivity index (χ2v) is 9.35. The van der Waals surface area contributed by atoms with E-state index in [9.17, 15) is 9.59 Å². The molecule has 0 saturated heterocycles. The smallest absolute Gasteiger partial charge is 0.413 e. The van der Waals surface area contributed by atoms with Gasteiger partial charge in [0.05, 0.1) is 11.4 Å². The Labute approximate surface area is 189 Å². The molecule has 9 nitrogen and oxygen atoms in total. The number of nitrogens with two attached hydrogens (primary N) is 1. The Balaban J connectivity index is 2.38. The van der Waals surface area contributed by atoms with Crippen LogP contribution in [0.25, 0.3) is 0 Å². The van der Waals surface area contributed by atoms with Crippen LogP contribution in [0, 0.1) is 12.8 Å². The van der Waals surface area contributed by atoms with Crippen LogP contribution in [-0.2, 0) is 11.2 Å². The van der Waals surface area contributed by atoms with E-state index in [4.69, 9.17) is 10.5 Å². The summed E-state index contributed by atoms with van der Waals surface area (Å²) >= 11 is 0. The highest BCUT2D eigenvalue weighted by atomic mass is 16.6. The number of nitrogens with one attached hydrogen (secondary N) is 2. The molecule has 2 aromatic rings. The fourth-order valence-corrected chi connectivity index (χ4v) is 3.19. The number of ether oxygens (including phenoxy) is 1. The Bertz CT molecular complexity index is 996. The normalized spacial score (nSPS) is 11.3. The number of hydrogen-bond donors (Lipinski definition) is 3. The molecule has 0 spiro atoms. The van der Waals surface area contributed by atoms with Gasteiger partial charge in [-0.1, -0.05) is 13.8 Å². The lowest BCUT2D eigenvalue weighted by Gasteiger charge is -2.22. The number of benzene rings is 1. The van der Waals surface area contributed by atoms with Gasteiger partial charge in [-0.05, 0) is 57.2 Å². The Morgan fingerprint density at radius 1 is 1.16 bits per heavy atom. The van der Waals surface area contributed by atoms with Crippen molar-refractivity contribution in [2.75, 3.05) is 30.5 Å². The molecule has 1 aromatic carbocycles. The second-order valence-electron chi connectivity index (χ2n) is 9.35. The van der Waals surface area contributed by atoms with Crippen LogP contribution in [0.5, 0.6) is 0 Å². The van der Waals surface area contributed by atoms with E-state index in [1.54, 1.807) is 45.8 Å². The van der Waals surface area contributed by atoms with Crippen molar-refractivity contribution in [1.82, 2.24) is 14.9 Å². The maximum Gasteiger partial charge on any atom is 0.413 e. The third kappa shape index (κ3) is 6.57. The highest BCUT2D eigenvalue weighted by Crippen LogP contribution is 2.33. The predicted octanol–water partition coefficient (Wildman–Crippen LogP) is 4.36. The highest BCUT2D eigenvalue weighted by molar-refractivity contribution is 6.00. The van der Waals surface area contributed by atoms with Crippen LogP contribution in [0.3, 0.4) is 0 Å². The number of aromatic nitrogens is 2. The summed E-state index contributed by atoms with van der Waals surface area (Å²) in [5.74, 6) is 0.958. The average Bonchev–Trinajstić information content (AvgIpc) is 2.63. The van der Waals surface area contributed by atoms with Gasteiger partial charge in [0, 0.05) is 25.7 Å². The minimum atomic E-state index is -0.622. The van der Waals surface area contributed by atoms with E-state index in [2.05, 4.69) is 34.4 Å². The lowest BCUT2D eigenvalue weighted by Crippen LogP contribution is -2.27. The lowest BCUT2D eigenvalue weighted by molar-refractivity contribution is 0.0635. The molecule has 2 amide bonds. The van der Waals surface area contributed by atoms with Crippen molar-refractivity contribution in [3.8, 4) is 0 Å². The summed E-state index contributed by atoms with van der Waals surface area (Å²) in [6, 6.07) is 3.42. The molecule has 4 N–H and O–H groups in total. The SMILES string of the molecule is Cc1cc(Nc2cc(NC(=O)OC(C)(C)C)ncn2)c(N)c(CC(C)C)c1C(=O)N(C)C. The van der Waals surface area contributed by atoms with Gasteiger partial charge >= 0.3 is 6.09 Å². The summed E-state index contributed by atoms with van der Waals surface area (Å²) in [6.45, 7) is 11.4. The number of carbonyl (C=O) groups is 2. The molecule has 9 heteroatoms. The van der Waals surface area contributed by atoms with E-state index in [0.717, 1.165) is 11.1 Å². The summed E-state index contributed by atoms with van der Waals surface area (Å²) in [4.78, 5) is 34.7. The van der Waals surface area contributed by atoms with Gasteiger partial charge in [-0.3, -0.25) is 10.1 Å². The largest absolute Gasteiger partial charge is 0.444 e. The molecule has 0 radical (unpaired) electrons. The van der Waals surface area contributed by atoms with Gasteiger partial charge in [-0.25, -0.2) is 14.8 Å². The van der Waals surface area contributed by atoms with E-state index in [1.165, 1.54) is 6.33 Å². The first-order chi connectivity index (χ1) is 14.8. The van der Waals surface area contributed by atoms with E-state index in [1.807, 2.05) is 13.0 Å². The number of amides is 2. The molecule has 0 unspecified atom stereocenters. The molecule has 0 aliphatic heterocycles. The molecule has 1 heterocycles. The van der Waals surface area contributed by atoms with Gasteiger partial charge in [0.15, 0.2) is 0 Å². The number of hydrogen-bond acceptors (Lipinski definition) is 7. The number of aryl methyl sites for hydroxylation is 1. The minimum absolute atomic E-state index is 0.0812. The molecule has 1 aromatic heterocycles. The molecule has 0 fully saturated rings. The molecule has 174 valence electrons. The van der Waals surface area contributed by atoms with Gasteiger partial charge in [-0.15, -0.1) is 0 Å². The van der Waals surface area contributed by atoms with Gasteiger partial charge in [0.25, 0.3) is 5.91 Å². The fourth-order valence-electron chi connectivity index (χ4n) is 3.19. The van der Waals surface area contributed by atoms with Crippen LogP contribution in [0.4, 0.5) is 27.8 Å².